The number of methoxy groups -OCH3 is 1. The van der Waals surface area contributed by atoms with E-state index in [0.717, 1.165) is 0 Å². The first-order chi connectivity index (χ1) is 7.61. The lowest BCUT2D eigenvalue weighted by Crippen LogP contribution is -2.27. The predicted molar refractivity (Wildman–Crippen MR) is 54.9 cm³/mol. The summed E-state index contributed by atoms with van der Waals surface area (Å²) < 4.78 is 9.12. The molecule has 1 heterocycles. The molecule has 0 saturated heterocycles. The summed E-state index contributed by atoms with van der Waals surface area (Å²) in [5.74, 6) is 0.716. The molecule has 0 aliphatic heterocycles. The van der Waals surface area contributed by atoms with Gasteiger partial charge in [0.15, 0.2) is 5.82 Å². The summed E-state index contributed by atoms with van der Waals surface area (Å²) in [6.45, 7) is 1.93. The molecule has 0 unspecified atom stereocenters. The lowest BCUT2D eigenvalue weighted by molar-refractivity contribution is -0.116. The number of amides is 2. The molecule has 0 radical (unpaired) electrons. The molecule has 88 valence electrons. The van der Waals surface area contributed by atoms with Gasteiger partial charge in [-0.05, 0) is 6.92 Å². The minimum Gasteiger partial charge on any atom is -0.453 e. The SMILES string of the molecule is COC(=O)NCCC(=O)Nc1cc(C)on1. The number of carbonyl (C=O) groups excluding carboxylic acids is 2. The highest BCUT2D eigenvalue weighted by molar-refractivity contribution is 5.90. The lowest BCUT2D eigenvalue weighted by atomic mass is 10.4. The number of hydrogen-bond donors (Lipinski definition) is 2. The first-order valence-electron chi connectivity index (χ1n) is 4.67. The van der Waals surface area contributed by atoms with Crippen molar-refractivity contribution < 1.29 is 18.8 Å². The van der Waals surface area contributed by atoms with E-state index in [1.807, 2.05) is 0 Å². The van der Waals surface area contributed by atoms with E-state index in [1.54, 1.807) is 13.0 Å². The summed E-state index contributed by atoms with van der Waals surface area (Å²) in [6.07, 6.45) is -0.425. The Morgan fingerprint density at radius 2 is 2.31 bits per heavy atom. The topological polar surface area (TPSA) is 93.5 Å². The first-order valence-corrected chi connectivity index (χ1v) is 4.67. The fourth-order valence-corrected chi connectivity index (χ4v) is 0.981. The number of rotatable bonds is 4. The third kappa shape index (κ3) is 3.99. The molecular formula is C9H13N3O4. The minimum absolute atomic E-state index is 0.140. The molecule has 2 N–H and O–H groups in total. The van der Waals surface area contributed by atoms with Crippen molar-refractivity contribution in [3.05, 3.63) is 11.8 Å². The van der Waals surface area contributed by atoms with Gasteiger partial charge in [-0.1, -0.05) is 5.16 Å². The smallest absolute Gasteiger partial charge is 0.406 e. The summed E-state index contributed by atoms with van der Waals surface area (Å²) in [4.78, 5) is 22.0. The van der Waals surface area contributed by atoms with Crippen LogP contribution >= 0.6 is 0 Å². The van der Waals surface area contributed by atoms with Gasteiger partial charge in [-0.25, -0.2) is 4.79 Å². The molecule has 0 saturated carbocycles. The van der Waals surface area contributed by atoms with Gasteiger partial charge in [0.1, 0.15) is 5.76 Å². The van der Waals surface area contributed by atoms with Gasteiger partial charge >= 0.3 is 6.09 Å². The van der Waals surface area contributed by atoms with Crippen LogP contribution in [0.1, 0.15) is 12.2 Å². The number of anilines is 1. The second-order valence-corrected chi connectivity index (χ2v) is 3.04. The Kier molecular flexibility index (Phi) is 4.31. The molecule has 16 heavy (non-hydrogen) atoms. The van der Waals surface area contributed by atoms with Crippen molar-refractivity contribution in [1.82, 2.24) is 10.5 Å². The van der Waals surface area contributed by atoms with Crippen LogP contribution in [0.4, 0.5) is 10.6 Å². The summed E-state index contributed by atoms with van der Waals surface area (Å²) in [5, 5.41) is 8.50. The summed E-state index contributed by atoms with van der Waals surface area (Å²) in [7, 11) is 1.26. The quantitative estimate of drug-likeness (QED) is 0.788. The summed E-state index contributed by atoms with van der Waals surface area (Å²) in [5.41, 5.74) is 0. The average Bonchev–Trinajstić information content (AvgIpc) is 2.63. The van der Waals surface area contributed by atoms with E-state index in [9.17, 15) is 9.59 Å². The molecule has 0 aliphatic rings. The Hall–Kier alpha value is -2.05. The molecule has 0 spiro atoms. The molecule has 0 fully saturated rings. The van der Waals surface area contributed by atoms with E-state index in [1.165, 1.54) is 7.11 Å². The van der Waals surface area contributed by atoms with E-state index in [2.05, 4.69) is 20.5 Å². The molecule has 0 aliphatic carbocycles. The average molecular weight is 227 g/mol. The van der Waals surface area contributed by atoms with Crippen LogP contribution in [0.2, 0.25) is 0 Å². The van der Waals surface area contributed by atoms with Crippen LogP contribution in [-0.2, 0) is 9.53 Å². The maximum atomic E-state index is 11.3. The van der Waals surface area contributed by atoms with Crippen molar-refractivity contribution >= 4 is 17.8 Å². The number of nitrogens with one attached hydrogen (secondary N) is 2. The van der Waals surface area contributed by atoms with Gasteiger partial charge in [0.2, 0.25) is 5.91 Å². The largest absolute Gasteiger partial charge is 0.453 e. The van der Waals surface area contributed by atoms with Crippen molar-refractivity contribution in [2.75, 3.05) is 19.0 Å². The molecule has 1 rings (SSSR count). The zero-order chi connectivity index (χ0) is 12.0. The lowest BCUT2D eigenvalue weighted by Gasteiger charge is -2.02. The van der Waals surface area contributed by atoms with Crippen LogP contribution in [0.5, 0.6) is 0 Å². The van der Waals surface area contributed by atoms with E-state index < -0.39 is 6.09 Å². The number of nitrogens with zero attached hydrogens (tertiary/aromatic N) is 1. The Bertz CT molecular complexity index is 375. The summed E-state index contributed by atoms with van der Waals surface area (Å²) >= 11 is 0. The van der Waals surface area contributed by atoms with Crippen LogP contribution in [0, 0.1) is 6.92 Å². The Balaban J connectivity index is 2.23. The zero-order valence-electron chi connectivity index (χ0n) is 9.07. The van der Waals surface area contributed by atoms with Gasteiger partial charge in [0, 0.05) is 19.0 Å². The maximum absolute atomic E-state index is 11.3. The molecule has 7 nitrogen and oxygen atoms in total. The molecule has 1 aromatic rings. The van der Waals surface area contributed by atoms with Crippen LogP contribution in [0.25, 0.3) is 0 Å². The number of carbonyl (C=O) groups is 2. The zero-order valence-corrected chi connectivity index (χ0v) is 9.07. The minimum atomic E-state index is -0.565. The van der Waals surface area contributed by atoms with E-state index in [0.29, 0.717) is 11.6 Å². The molecule has 0 atom stereocenters. The second kappa shape index (κ2) is 5.74. The van der Waals surface area contributed by atoms with Crippen molar-refractivity contribution in [2.45, 2.75) is 13.3 Å². The van der Waals surface area contributed by atoms with E-state index in [4.69, 9.17) is 4.52 Å². The van der Waals surface area contributed by atoms with Crippen molar-refractivity contribution in [3.63, 3.8) is 0 Å². The predicted octanol–water partition coefficient (Wildman–Crippen LogP) is 0.668. The highest BCUT2D eigenvalue weighted by Crippen LogP contribution is 2.06. The Labute approximate surface area is 92.1 Å². The van der Waals surface area contributed by atoms with Crippen molar-refractivity contribution in [2.24, 2.45) is 0 Å². The van der Waals surface area contributed by atoms with Crippen LogP contribution < -0.4 is 10.6 Å². The monoisotopic (exact) mass is 227 g/mol. The van der Waals surface area contributed by atoms with Crippen LogP contribution in [0.15, 0.2) is 10.6 Å². The van der Waals surface area contributed by atoms with E-state index in [-0.39, 0.29) is 18.9 Å². The van der Waals surface area contributed by atoms with Gasteiger partial charge in [-0.2, -0.15) is 0 Å². The van der Waals surface area contributed by atoms with Crippen LogP contribution in [-0.4, -0.2) is 30.8 Å². The third-order valence-electron chi connectivity index (χ3n) is 1.70. The maximum Gasteiger partial charge on any atom is 0.406 e. The Morgan fingerprint density at radius 3 is 2.88 bits per heavy atom. The van der Waals surface area contributed by atoms with Gasteiger partial charge in [-0.15, -0.1) is 0 Å². The van der Waals surface area contributed by atoms with Crippen molar-refractivity contribution in [1.29, 1.82) is 0 Å². The molecule has 0 aromatic carbocycles. The molecular weight excluding hydrogens is 214 g/mol. The molecule has 1 aromatic heterocycles. The number of alkyl carbamates (subject to hydrolysis) is 1. The number of aromatic nitrogens is 1. The van der Waals surface area contributed by atoms with Gasteiger partial charge in [-0.3, -0.25) is 4.79 Å². The molecule has 2 amide bonds. The van der Waals surface area contributed by atoms with Gasteiger partial charge in [0.25, 0.3) is 0 Å². The third-order valence-corrected chi connectivity index (χ3v) is 1.70. The number of aryl methyl sites for hydroxylation is 1. The standard InChI is InChI=1S/C9H13N3O4/c1-6-5-7(12-16-6)11-8(13)3-4-10-9(14)15-2/h5H,3-4H2,1-2H3,(H,10,14)(H,11,12,13). The van der Waals surface area contributed by atoms with Crippen LogP contribution in [0.3, 0.4) is 0 Å². The molecule has 0 bridgehead atoms. The van der Waals surface area contributed by atoms with Crippen molar-refractivity contribution in [3.8, 4) is 0 Å². The fraction of sp³-hybridized carbons (Fsp3) is 0.444. The Morgan fingerprint density at radius 1 is 1.56 bits per heavy atom. The molecule has 7 heteroatoms. The van der Waals surface area contributed by atoms with Gasteiger partial charge < -0.3 is 19.9 Å². The summed E-state index contributed by atoms with van der Waals surface area (Å²) in [6, 6.07) is 1.60. The highest BCUT2D eigenvalue weighted by Gasteiger charge is 2.06. The number of ether oxygens (including phenoxy) is 1. The number of hydrogen-bond acceptors (Lipinski definition) is 5. The van der Waals surface area contributed by atoms with E-state index >= 15 is 0 Å². The highest BCUT2D eigenvalue weighted by atomic mass is 16.5. The normalized spacial score (nSPS) is 9.62. The van der Waals surface area contributed by atoms with Gasteiger partial charge in [0.05, 0.1) is 7.11 Å². The second-order valence-electron chi connectivity index (χ2n) is 3.04. The fourth-order valence-electron chi connectivity index (χ4n) is 0.981. The first kappa shape index (κ1) is 12.0.